The van der Waals surface area contributed by atoms with Crippen LogP contribution in [0, 0.1) is 36.0 Å². The number of hydrogen-bond donors (Lipinski definition) is 2. The van der Waals surface area contributed by atoms with E-state index < -0.39 is 46.3 Å². The second-order valence-corrected chi connectivity index (χ2v) is 4.81. The van der Waals surface area contributed by atoms with Gasteiger partial charge in [-0.25, -0.2) is 22.0 Å². The van der Waals surface area contributed by atoms with Crippen LogP contribution in [0.5, 0.6) is 5.75 Å². The molecule has 0 heterocycles. The summed E-state index contributed by atoms with van der Waals surface area (Å²) >= 11 is 0. The number of anilines is 1. The molecule has 0 aromatic heterocycles. The lowest BCUT2D eigenvalue weighted by atomic mass is 9.97. The predicted octanol–water partition coefficient (Wildman–Crippen LogP) is 4.02. The van der Waals surface area contributed by atoms with Crippen LogP contribution >= 0.6 is 0 Å². The highest BCUT2D eigenvalue weighted by Gasteiger charge is 2.27. The first kappa shape index (κ1) is 16.7. The van der Waals surface area contributed by atoms with Crippen LogP contribution in [0.15, 0.2) is 12.1 Å². The molecule has 0 bridgehead atoms. The maximum atomic E-state index is 13.9. The van der Waals surface area contributed by atoms with Crippen molar-refractivity contribution in [2.45, 2.75) is 13.8 Å². The number of halogens is 5. The lowest BCUT2D eigenvalue weighted by Crippen LogP contribution is -2.08. The third-order valence-electron chi connectivity index (χ3n) is 3.13. The molecule has 0 aliphatic rings. The fraction of sp³-hybridized carbons (Fsp3) is 0.133. The number of aromatic hydroxyl groups is 1. The van der Waals surface area contributed by atoms with E-state index in [9.17, 15) is 31.9 Å². The van der Waals surface area contributed by atoms with Crippen LogP contribution < -0.4 is 5.32 Å². The van der Waals surface area contributed by atoms with Gasteiger partial charge in [0.1, 0.15) is 5.75 Å². The molecule has 8 heteroatoms. The third-order valence-corrected chi connectivity index (χ3v) is 3.13. The molecule has 0 aliphatic heterocycles. The van der Waals surface area contributed by atoms with Crippen molar-refractivity contribution in [1.82, 2.24) is 0 Å². The normalized spacial score (nSPS) is 10.7. The van der Waals surface area contributed by atoms with Crippen LogP contribution in [-0.2, 0) is 4.79 Å². The molecule has 0 spiro atoms. The topological polar surface area (TPSA) is 49.3 Å². The Morgan fingerprint density at radius 1 is 0.957 bits per heavy atom. The molecule has 0 aliphatic carbocycles. The van der Waals surface area contributed by atoms with Gasteiger partial charge in [0, 0.05) is 6.92 Å². The van der Waals surface area contributed by atoms with Gasteiger partial charge in [-0.15, -0.1) is 0 Å². The van der Waals surface area contributed by atoms with Gasteiger partial charge in [-0.05, 0) is 30.2 Å². The molecule has 2 aromatic carbocycles. The summed E-state index contributed by atoms with van der Waals surface area (Å²) < 4.78 is 67.5. The number of benzene rings is 2. The Morgan fingerprint density at radius 2 is 1.43 bits per heavy atom. The first-order chi connectivity index (χ1) is 10.6. The molecule has 2 rings (SSSR count). The molecule has 1 amide bonds. The number of hydrogen-bond acceptors (Lipinski definition) is 2. The zero-order valence-corrected chi connectivity index (χ0v) is 11.9. The van der Waals surface area contributed by atoms with E-state index in [0.29, 0.717) is 0 Å². The number of nitrogens with one attached hydrogen (secondary N) is 1. The number of phenols is 1. The number of amides is 1. The first-order valence-electron chi connectivity index (χ1n) is 6.28. The van der Waals surface area contributed by atoms with Crippen molar-refractivity contribution in [2.24, 2.45) is 0 Å². The molecule has 0 unspecified atom stereocenters. The Morgan fingerprint density at radius 3 is 1.91 bits per heavy atom. The summed E-state index contributed by atoms with van der Waals surface area (Å²) in [5, 5.41) is 11.9. The SMILES string of the molecule is CC(=O)Nc1cc(-c2c(F)c(F)c(F)c(F)c2F)c(C)cc1O. The van der Waals surface area contributed by atoms with Gasteiger partial charge in [-0.3, -0.25) is 4.79 Å². The minimum absolute atomic E-state index is 0.0554. The van der Waals surface area contributed by atoms with Crippen molar-refractivity contribution >= 4 is 11.6 Å². The number of phenolic OH excluding ortho intramolecular Hbond substituents is 1. The van der Waals surface area contributed by atoms with Crippen molar-refractivity contribution in [3.63, 3.8) is 0 Å². The summed E-state index contributed by atoms with van der Waals surface area (Å²) in [5.74, 6) is -11.4. The standard InChI is InChI=1S/C15H10F5NO2/c1-5-3-9(23)8(21-6(2)22)4-7(5)10-11(16)13(18)15(20)14(19)12(10)17/h3-4,23H,1-2H3,(H,21,22). The van der Waals surface area contributed by atoms with Crippen molar-refractivity contribution in [3.05, 3.63) is 46.8 Å². The van der Waals surface area contributed by atoms with Gasteiger partial charge in [0.25, 0.3) is 0 Å². The van der Waals surface area contributed by atoms with Crippen LogP contribution in [0.25, 0.3) is 11.1 Å². The molecule has 2 N–H and O–H groups in total. The molecule has 122 valence electrons. The largest absolute Gasteiger partial charge is 0.506 e. The van der Waals surface area contributed by atoms with Crippen LogP contribution in [0.1, 0.15) is 12.5 Å². The van der Waals surface area contributed by atoms with Crippen LogP contribution in [-0.4, -0.2) is 11.0 Å². The van der Waals surface area contributed by atoms with Gasteiger partial charge in [0.05, 0.1) is 11.3 Å². The van der Waals surface area contributed by atoms with Gasteiger partial charge in [0.15, 0.2) is 23.3 Å². The number of carbonyl (C=O) groups is 1. The van der Waals surface area contributed by atoms with Crippen LogP contribution in [0.3, 0.4) is 0 Å². The van der Waals surface area contributed by atoms with Crippen molar-refractivity contribution in [1.29, 1.82) is 0 Å². The van der Waals surface area contributed by atoms with E-state index in [-0.39, 0.29) is 16.8 Å². The first-order valence-corrected chi connectivity index (χ1v) is 6.28. The van der Waals surface area contributed by atoms with E-state index in [2.05, 4.69) is 5.32 Å². The highest BCUT2D eigenvalue weighted by Crippen LogP contribution is 2.37. The smallest absolute Gasteiger partial charge is 0.221 e. The van der Waals surface area contributed by atoms with Crippen LogP contribution in [0.4, 0.5) is 27.6 Å². The van der Waals surface area contributed by atoms with E-state index >= 15 is 0 Å². The average molecular weight is 331 g/mol. The van der Waals surface area contributed by atoms with Crippen molar-refractivity contribution < 1.29 is 31.9 Å². The second-order valence-electron chi connectivity index (χ2n) is 4.81. The maximum Gasteiger partial charge on any atom is 0.221 e. The molecule has 3 nitrogen and oxygen atoms in total. The summed E-state index contributed by atoms with van der Waals surface area (Å²) in [6, 6.07) is 1.98. The Labute approximate surface area is 127 Å². The Bertz CT molecular complexity index is 791. The lowest BCUT2D eigenvalue weighted by Gasteiger charge is -2.14. The number of carbonyl (C=O) groups excluding carboxylic acids is 1. The van der Waals surface area contributed by atoms with Gasteiger partial charge in [-0.1, -0.05) is 0 Å². The molecular weight excluding hydrogens is 321 g/mol. The van der Waals surface area contributed by atoms with E-state index in [1.807, 2.05) is 0 Å². The summed E-state index contributed by atoms with van der Waals surface area (Å²) in [5.41, 5.74) is -1.65. The van der Waals surface area contributed by atoms with Crippen LogP contribution in [0.2, 0.25) is 0 Å². The predicted molar refractivity (Wildman–Crippen MR) is 72.4 cm³/mol. The fourth-order valence-electron chi connectivity index (χ4n) is 2.09. The van der Waals surface area contributed by atoms with E-state index in [4.69, 9.17) is 0 Å². The Hall–Kier alpha value is -2.64. The van der Waals surface area contributed by atoms with Gasteiger partial charge >= 0.3 is 0 Å². The van der Waals surface area contributed by atoms with E-state index in [0.717, 1.165) is 19.1 Å². The summed E-state index contributed by atoms with van der Waals surface area (Å²) in [7, 11) is 0. The minimum atomic E-state index is -2.26. The van der Waals surface area contributed by atoms with E-state index in [1.165, 1.54) is 6.92 Å². The molecular formula is C15H10F5NO2. The average Bonchev–Trinajstić information content (AvgIpc) is 2.47. The lowest BCUT2D eigenvalue weighted by molar-refractivity contribution is -0.114. The Balaban J connectivity index is 2.80. The summed E-state index contributed by atoms with van der Waals surface area (Å²) in [6.45, 7) is 2.43. The van der Waals surface area contributed by atoms with Gasteiger partial charge < -0.3 is 10.4 Å². The second kappa shape index (κ2) is 5.86. The number of aryl methyl sites for hydroxylation is 1. The zero-order valence-electron chi connectivity index (χ0n) is 11.9. The maximum absolute atomic E-state index is 13.9. The highest BCUT2D eigenvalue weighted by molar-refractivity contribution is 5.92. The van der Waals surface area contributed by atoms with Gasteiger partial charge in [0.2, 0.25) is 11.7 Å². The summed E-state index contributed by atoms with van der Waals surface area (Å²) in [4.78, 5) is 11.0. The molecule has 0 saturated heterocycles. The molecule has 0 saturated carbocycles. The molecule has 23 heavy (non-hydrogen) atoms. The third kappa shape index (κ3) is 2.84. The summed E-state index contributed by atoms with van der Waals surface area (Å²) in [6.07, 6.45) is 0. The van der Waals surface area contributed by atoms with Gasteiger partial charge in [-0.2, -0.15) is 0 Å². The molecule has 0 fully saturated rings. The van der Waals surface area contributed by atoms with Crippen molar-refractivity contribution in [2.75, 3.05) is 5.32 Å². The molecule has 2 aromatic rings. The monoisotopic (exact) mass is 331 g/mol. The fourth-order valence-corrected chi connectivity index (χ4v) is 2.09. The Kier molecular flexibility index (Phi) is 4.26. The highest BCUT2D eigenvalue weighted by atomic mass is 19.2. The quantitative estimate of drug-likeness (QED) is 0.378. The molecule has 0 radical (unpaired) electrons. The minimum Gasteiger partial charge on any atom is -0.506 e. The van der Waals surface area contributed by atoms with Crippen molar-refractivity contribution in [3.8, 4) is 16.9 Å². The van der Waals surface area contributed by atoms with E-state index in [1.54, 1.807) is 0 Å². The number of rotatable bonds is 2. The molecule has 0 atom stereocenters. The zero-order chi connectivity index (χ0) is 17.5.